The number of nitrogens with zero attached hydrogens (tertiary/aromatic N) is 1. The van der Waals surface area contributed by atoms with E-state index in [0.29, 0.717) is 18.0 Å². The summed E-state index contributed by atoms with van der Waals surface area (Å²) in [5, 5.41) is 2.89. The van der Waals surface area contributed by atoms with Crippen molar-refractivity contribution >= 4 is 21.6 Å². The number of fused-ring (bicyclic) bond motifs is 1. The van der Waals surface area contributed by atoms with E-state index in [0.717, 1.165) is 17.5 Å². The van der Waals surface area contributed by atoms with Gasteiger partial charge >= 0.3 is 0 Å². The highest BCUT2D eigenvalue weighted by molar-refractivity contribution is 7.92. The minimum Gasteiger partial charge on any atom is -0.478 e. The van der Waals surface area contributed by atoms with Gasteiger partial charge in [-0.05, 0) is 36.6 Å². The zero-order valence-electron chi connectivity index (χ0n) is 15.5. The minimum absolute atomic E-state index is 0.200. The molecule has 1 N–H and O–H groups in total. The summed E-state index contributed by atoms with van der Waals surface area (Å²) in [6, 6.07) is 15.2. The maximum atomic E-state index is 12.6. The molecular weight excluding hydrogens is 364 g/mol. The normalized spacial score (nSPS) is 16.8. The van der Waals surface area contributed by atoms with Crippen molar-refractivity contribution in [2.45, 2.75) is 25.9 Å². The first-order chi connectivity index (χ1) is 12.8. The lowest BCUT2D eigenvalue weighted by molar-refractivity contribution is -0.128. The van der Waals surface area contributed by atoms with Crippen molar-refractivity contribution in [3.05, 3.63) is 59.7 Å². The number of anilines is 1. The van der Waals surface area contributed by atoms with Crippen molar-refractivity contribution in [3.8, 4) is 5.75 Å². The fraction of sp³-hybridized carbons (Fsp3) is 0.350. The molecule has 1 atom stereocenters. The van der Waals surface area contributed by atoms with Crippen LogP contribution in [0, 0.1) is 6.92 Å². The van der Waals surface area contributed by atoms with E-state index in [1.165, 1.54) is 10.6 Å². The molecule has 1 amide bonds. The summed E-state index contributed by atoms with van der Waals surface area (Å²) >= 11 is 0. The number of sulfonamides is 1. The van der Waals surface area contributed by atoms with Gasteiger partial charge in [-0.1, -0.05) is 36.4 Å². The quantitative estimate of drug-likeness (QED) is 0.853. The summed E-state index contributed by atoms with van der Waals surface area (Å²) in [6.45, 7) is 2.59. The maximum Gasteiger partial charge on any atom is 0.261 e. The molecular formula is C20H24N2O4S. The van der Waals surface area contributed by atoms with E-state index < -0.39 is 16.1 Å². The van der Waals surface area contributed by atoms with Gasteiger partial charge in [-0.25, -0.2) is 8.42 Å². The Bertz CT molecular complexity index is 913. The Morgan fingerprint density at radius 1 is 1.22 bits per heavy atom. The van der Waals surface area contributed by atoms with Crippen LogP contribution in [-0.4, -0.2) is 39.8 Å². The Labute approximate surface area is 160 Å². The summed E-state index contributed by atoms with van der Waals surface area (Å²) in [4.78, 5) is 12.6. The number of ether oxygens (including phenoxy) is 1. The third-order valence-corrected chi connectivity index (χ3v) is 5.68. The summed E-state index contributed by atoms with van der Waals surface area (Å²) in [5.74, 6) is 0.180. The largest absolute Gasteiger partial charge is 0.478 e. The Balaban J connectivity index is 1.71. The van der Waals surface area contributed by atoms with E-state index >= 15 is 0 Å². The van der Waals surface area contributed by atoms with Crippen molar-refractivity contribution in [1.82, 2.24) is 5.32 Å². The molecule has 1 heterocycles. The molecule has 144 valence electrons. The molecule has 0 saturated carbocycles. The number of carbonyl (C=O) groups excluding carboxylic acids is 1. The standard InChI is InChI=1S/C20H24N2O4S/c1-15-8-9-18-17(14-15)22(27(2,24)25)13-11-19(26-18)20(23)21-12-10-16-6-4-3-5-7-16/h3-9,14,19H,10-13H2,1-2H3,(H,21,23)/t19-/m0/s1. The van der Waals surface area contributed by atoms with Crippen LogP contribution in [-0.2, 0) is 21.2 Å². The smallest absolute Gasteiger partial charge is 0.261 e. The van der Waals surface area contributed by atoms with Gasteiger partial charge in [0.1, 0.15) is 5.75 Å². The van der Waals surface area contributed by atoms with Gasteiger partial charge in [0, 0.05) is 19.5 Å². The third-order valence-electron chi connectivity index (χ3n) is 4.50. The van der Waals surface area contributed by atoms with Crippen LogP contribution in [0.15, 0.2) is 48.5 Å². The number of nitrogens with one attached hydrogen (secondary N) is 1. The summed E-state index contributed by atoms with van der Waals surface area (Å²) in [5.41, 5.74) is 2.55. The molecule has 2 aromatic rings. The molecule has 7 heteroatoms. The number of carbonyl (C=O) groups is 1. The Morgan fingerprint density at radius 2 is 1.96 bits per heavy atom. The van der Waals surface area contributed by atoms with E-state index in [9.17, 15) is 13.2 Å². The van der Waals surface area contributed by atoms with Crippen molar-refractivity contribution in [2.75, 3.05) is 23.7 Å². The number of hydrogen-bond donors (Lipinski definition) is 1. The fourth-order valence-electron chi connectivity index (χ4n) is 3.11. The number of hydrogen-bond acceptors (Lipinski definition) is 4. The van der Waals surface area contributed by atoms with Crippen LogP contribution in [0.4, 0.5) is 5.69 Å². The third kappa shape index (κ3) is 4.80. The molecule has 0 radical (unpaired) electrons. The lowest BCUT2D eigenvalue weighted by atomic mass is 10.1. The maximum absolute atomic E-state index is 12.6. The molecule has 2 aromatic carbocycles. The molecule has 0 spiro atoms. The highest BCUT2D eigenvalue weighted by atomic mass is 32.2. The van der Waals surface area contributed by atoms with E-state index in [1.807, 2.05) is 43.3 Å². The van der Waals surface area contributed by atoms with Crippen LogP contribution in [0.25, 0.3) is 0 Å². The van der Waals surface area contributed by atoms with Crippen LogP contribution in [0.2, 0.25) is 0 Å². The van der Waals surface area contributed by atoms with Crippen LogP contribution in [0.1, 0.15) is 17.5 Å². The predicted octanol–water partition coefficient (Wildman–Crippen LogP) is 2.27. The lowest BCUT2D eigenvalue weighted by Crippen LogP contribution is -2.40. The first kappa shape index (κ1) is 19.2. The van der Waals surface area contributed by atoms with Crippen molar-refractivity contribution in [2.24, 2.45) is 0 Å². The summed E-state index contributed by atoms with van der Waals surface area (Å²) < 4.78 is 31.6. The Kier molecular flexibility index (Phi) is 5.70. The highest BCUT2D eigenvalue weighted by Crippen LogP contribution is 2.34. The second kappa shape index (κ2) is 8.00. The molecule has 0 saturated heterocycles. The molecule has 0 aromatic heterocycles. The van der Waals surface area contributed by atoms with Crippen molar-refractivity contribution < 1.29 is 17.9 Å². The second-order valence-corrected chi connectivity index (χ2v) is 8.63. The van der Waals surface area contributed by atoms with Gasteiger partial charge in [-0.2, -0.15) is 0 Å². The molecule has 3 rings (SSSR count). The van der Waals surface area contributed by atoms with E-state index in [4.69, 9.17) is 4.74 Å². The van der Waals surface area contributed by atoms with Gasteiger partial charge in [0.05, 0.1) is 11.9 Å². The molecule has 0 unspecified atom stereocenters. The molecule has 1 aliphatic heterocycles. The second-order valence-electron chi connectivity index (χ2n) is 6.73. The number of amides is 1. The first-order valence-electron chi connectivity index (χ1n) is 8.91. The van der Waals surface area contributed by atoms with Crippen LogP contribution >= 0.6 is 0 Å². The van der Waals surface area contributed by atoms with Gasteiger partial charge in [0.15, 0.2) is 6.10 Å². The van der Waals surface area contributed by atoms with E-state index in [-0.39, 0.29) is 18.9 Å². The van der Waals surface area contributed by atoms with Gasteiger partial charge in [0.25, 0.3) is 5.91 Å². The fourth-order valence-corrected chi connectivity index (χ4v) is 4.04. The molecule has 6 nitrogen and oxygen atoms in total. The SMILES string of the molecule is Cc1ccc2c(c1)N(S(C)(=O)=O)CC[C@@H](C(=O)NCCc1ccccc1)O2. The molecule has 1 aliphatic rings. The molecule has 0 fully saturated rings. The van der Waals surface area contributed by atoms with Crippen LogP contribution < -0.4 is 14.4 Å². The van der Waals surface area contributed by atoms with Crippen LogP contribution in [0.3, 0.4) is 0 Å². The van der Waals surface area contributed by atoms with E-state index in [1.54, 1.807) is 12.1 Å². The van der Waals surface area contributed by atoms with Gasteiger partial charge in [-0.15, -0.1) is 0 Å². The zero-order chi connectivity index (χ0) is 19.4. The number of benzene rings is 2. The van der Waals surface area contributed by atoms with Crippen molar-refractivity contribution in [1.29, 1.82) is 0 Å². The highest BCUT2D eigenvalue weighted by Gasteiger charge is 2.31. The van der Waals surface area contributed by atoms with Gasteiger partial charge < -0.3 is 10.1 Å². The Morgan fingerprint density at radius 3 is 2.67 bits per heavy atom. The molecule has 0 aliphatic carbocycles. The van der Waals surface area contributed by atoms with Crippen LogP contribution in [0.5, 0.6) is 5.75 Å². The lowest BCUT2D eigenvalue weighted by Gasteiger charge is -2.21. The average molecular weight is 388 g/mol. The molecule has 0 bridgehead atoms. The van der Waals surface area contributed by atoms with Crippen molar-refractivity contribution in [3.63, 3.8) is 0 Å². The first-order valence-corrected chi connectivity index (χ1v) is 10.8. The number of aryl methyl sites for hydroxylation is 1. The monoisotopic (exact) mass is 388 g/mol. The van der Waals surface area contributed by atoms with Gasteiger partial charge in [0.2, 0.25) is 10.0 Å². The predicted molar refractivity (Wildman–Crippen MR) is 106 cm³/mol. The van der Waals surface area contributed by atoms with E-state index in [2.05, 4.69) is 5.32 Å². The van der Waals surface area contributed by atoms with Gasteiger partial charge in [-0.3, -0.25) is 9.10 Å². The summed E-state index contributed by atoms with van der Waals surface area (Å²) in [6.07, 6.45) is 1.45. The topological polar surface area (TPSA) is 75.7 Å². The molecule has 27 heavy (non-hydrogen) atoms. The summed E-state index contributed by atoms with van der Waals surface area (Å²) in [7, 11) is -3.46. The number of rotatable bonds is 5. The average Bonchev–Trinajstić information content (AvgIpc) is 2.81. The minimum atomic E-state index is -3.46. The Hall–Kier alpha value is -2.54. The zero-order valence-corrected chi connectivity index (χ0v) is 16.3.